The Bertz CT molecular complexity index is 5440. The third kappa shape index (κ3) is 9.18. The molecule has 4 heteroatoms. The van der Waals surface area contributed by atoms with E-state index in [1.165, 1.54) is 105 Å². The van der Waals surface area contributed by atoms with Crippen LogP contribution in [0.4, 0.5) is 45.5 Å². The molecule has 1 spiro atoms. The first kappa shape index (κ1) is 56.1. The van der Waals surface area contributed by atoms with Gasteiger partial charge in [0.05, 0.1) is 27.8 Å². The summed E-state index contributed by atoms with van der Waals surface area (Å²) in [6, 6.07) is 123. The van der Waals surface area contributed by atoms with Gasteiger partial charge < -0.3 is 19.3 Å². The van der Waals surface area contributed by atoms with Crippen molar-refractivity contribution in [3.05, 3.63) is 390 Å². The molecule has 0 bridgehead atoms. The summed E-state index contributed by atoms with van der Waals surface area (Å²) in [6.07, 6.45) is 9.86. The highest BCUT2D eigenvalue weighted by Gasteiger charge is 2.51. The van der Waals surface area contributed by atoms with E-state index in [2.05, 4.69) is 372 Å². The largest absolute Gasteiger partial charge is 0.311 e. The van der Waals surface area contributed by atoms with E-state index < -0.39 is 5.41 Å². The van der Waals surface area contributed by atoms with Crippen LogP contribution < -0.4 is 14.7 Å². The van der Waals surface area contributed by atoms with Crippen molar-refractivity contribution in [1.82, 2.24) is 4.57 Å². The molecule has 2 heterocycles. The number of aromatic nitrogens is 1. The number of rotatable bonds is 14. The molecule has 2 unspecified atom stereocenters. The fraction of sp³-hybridized carbons (Fsp3) is 0.0769. The van der Waals surface area contributed by atoms with E-state index in [9.17, 15) is 0 Å². The van der Waals surface area contributed by atoms with Gasteiger partial charge in [-0.2, -0.15) is 0 Å². The first-order chi connectivity index (χ1) is 47.1. The third-order valence-electron chi connectivity index (χ3n) is 20.7. The van der Waals surface area contributed by atoms with E-state index in [4.69, 9.17) is 0 Å². The van der Waals surface area contributed by atoms with Gasteiger partial charge in [-0.25, -0.2) is 0 Å². The standard InChI is InChI=1S/C91H68N4/c1-62(82(59-67-29-22-27-63-25-14-16-38-76(63)67)65-47-50-72(51-48-65)92(68-30-6-2-7-31-68)69-32-8-3-9-33-69)66-49-57-78-79-58-56-75(61-86(79)91(85(78)60-66)83-42-19-21-45-89(83)95-88-44-20-18-40-80(88)81-41-24-43-84(91)90(81)95)94(87-46-23-28-64-26-15-17-39-77(64)87)74-54-52-73(53-55-74)93(70-34-10-4-11-35-70)71-36-12-5-13-37-71/h2-4,6-12,14-58,60-62,82H,5,13,59H2,1H3/t62-,82?,91?/m1/s1. The molecule has 14 aromatic carbocycles. The van der Waals surface area contributed by atoms with Crippen molar-refractivity contribution in [3.8, 4) is 16.8 Å². The predicted molar refractivity (Wildman–Crippen MR) is 399 cm³/mol. The van der Waals surface area contributed by atoms with Gasteiger partial charge in [0.25, 0.3) is 0 Å². The lowest BCUT2D eigenvalue weighted by atomic mass is 9.65. The second kappa shape index (κ2) is 23.1. The minimum atomic E-state index is -0.728. The molecule has 0 N–H and O–H groups in total. The Morgan fingerprint density at radius 1 is 0.368 bits per heavy atom. The van der Waals surface area contributed by atoms with Gasteiger partial charge in [0.2, 0.25) is 0 Å². The summed E-state index contributed by atoms with van der Waals surface area (Å²) in [5.41, 5.74) is 24.8. The van der Waals surface area contributed by atoms with Gasteiger partial charge in [-0.3, -0.25) is 0 Å². The third-order valence-corrected chi connectivity index (χ3v) is 20.7. The highest BCUT2D eigenvalue weighted by molar-refractivity contribution is 6.13. The molecule has 0 radical (unpaired) electrons. The summed E-state index contributed by atoms with van der Waals surface area (Å²) < 4.78 is 2.57. The molecule has 4 nitrogen and oxygen atoms in total. The zero-order valence-corrected chi connectivity index (χ0v) is 53.0. The van der Waals surface area contributed by atoms with E-state index in [0.29, 0.717) is 0 Å². The molecule has 15 aromatic rings. The molecule has 2 aliphatic carbocycles. The number of hydrogen-bond acceptors (Lipinski definition) is 3. The molecular formula is C91H68N4. The van der Waals surface area contributed by atoms with Crippen LogP contribution in [0.1, 0.15) is 70.5 Å². The van der Waals surface area contributed by atoms with Crippen LogP contribution in [0.2, 0.25) is 0 Å². The van der Waals surface area contributed by atoms with Gasteiger partial charge in [-0.1, -0.05) is 244 Å². The number of nitrogens with zero attached hydrogens (tertiary/aromatic N) is 4. The van der Waals surface area contributed by atoms with Crippen LogP contribution in [0.25, 0.3) is 60.2 Å². The summed E-state index contributed by atoms with van der Waals surface area (Å²) in [5.74, 6) is 0.206. The number of anilines is 8. The lowest BCUT2D eigenvalue weighted by molar-refractivity contribution is 0.573. The summed E-state index contributed by atoms with van der Waals surface area (Å²) in [6.45, 7) is 2.49. The smallest absolute Gasteiger partial charge is 0.0755 e. The number of allylic oxidation sites excluding steroid dienone is 3. The van der Waals surface area contributed by atoms with E-state index in [1.54, 1.807) is 0 Å². The Morgan fingerprint density at radius 2 is 0.874 bits per heavy atom. The van der Waals surface area contributed by atoms with Gasteiger partial charge in [-0.15, -0.1) is 0 Å². The first-order valence-corrected chi connectivity index (χ1v) is 33.6. The van der Waals surface area contributed by atoms with Crippen molar-refractivity contribution >= 4 is 88.8 Å². The topological polar surface area (TPSA) is 14.7 Å². The van der Waals surface area contributed by atoms with Crippen LogP contribution in [0.15, 0.2) is 352 Å². The number of hydrogen-bond donors (Lipinski definition) is 0. The average molecular weight is 1220 g/mol. The summed E-state index contributed by atoms with van der Waals surface area (Å²) in [4.78, 5) is 7.27. The highest BCUT2D eigenvalue weighted by atomic mass is 15.2. The number of benzene rings is 14. The number of fused-ring (bicyclic) bond motifs is 14. The second-order valence-electron chi connectivity index (χ2n) is 25.8. The Kier molecular flexibility index (Phi) is 13.7. The Balaban J connectivity index is 0.838. The molecule has 95 heavy (non-hydrogen) atoms. The fourth-order valence-electron chi connectivity index (χ4n) is 16.4. The molecule has 0 fully saturated rings. The minimum absolute atomic E-state index is 0.0925. The molecule has 3 aliphatic rings. The van der Waals surface area contributed by atoms with E-state index >= 15 is 0 Å². The van der Waals surface area contributed by atoms with Crippen LogP contribution in [-0.2, 0) is 11.8 Å². The molecule has 1 aliphatic heterocycles. The Morgan fingerprint density at radius 3 is 1.59 bits per heavy atom. The molecule has 452 valence electrons. The Labute approximate surface area is 555 Å². The van der Waals surface area contributed by atoms with Crippen molar-refractivity contribution in [2.45, 2.75) is 43.4 Å². The maximum absolute atomic E-state index is 2.64. The zero-order chi connectivity index (χ0) is 63.0. The van der Waals surface area contributed by atoms with Crippen molar-refractivity contribution in [1.29, 1.82) is 0 Å². The monoisotopic (exact) mass is 1220 g/mol. The average Bonchev–Trinajstić information content (AvgIpc) is 1.52. The summed E-state index contributed by atoms with van der Waals surface area (Å²) in [5, 5.41) is 7.48. The SMILES string of the molecule is C[C@H](c1ccc2c(c1)C1(c3cc(N(c4ccc(N(C5=CCCC=C5)c5ccccc5)cc4)c4cccc5ccccc45)ccc3-2)c2ccccc2-n2c3ccccc3c3cccc1c32)C(Cc1cccc2ccccc12)c1ccc(N(c2ccccc2)c2ccccc2)cc1. The van der Waals surface area contributed by atoms with Gasteiger partial charge >= 0.3 is 0 Å². The van der Waals surface area contributed by atoms with Crippen molar-refractivity contribution < 1.29 is 0 Å². The quantitative estimate of drug-likeness (QED) is 0.108. The molecule has 0 saturated heterocycles. The molecular weight excluding hydrogens is 1150 g/mol. The molecule has 0 saturated carbocycles. The van der Waals surface area contributed by atoms with E-state index in [1.807, 2.05) is 0 Å². The summed E-state index contributed by atoms with van der Waals surface area (Å²) in [7, 11) is 0. The van der Waals surface area contributed by atoms with Gasteiger partial charge in [0, 0.05) is 61.7 Å². The molecule has 0 amide bonds. The fourth-order valence-corrected chi connectivity index (χ4v) is 16.4. The van der Waals surface area contributed by atoms with Crippen molar-refractivity contribution in [2.75, 3.05) is 14.7 Å². The molecule has 18 rings (SSSR count). The van der Waals surface area contributed by atoms with Crippen molar-refractivity contribution in [2.24, 2.45) is 0 Å². The van der Waals surface area contributed by atoms with Crippen molar-refractivity contribution in [3.63, 3.8) is 0 Å². The maximum Gasteiger partial charge on any atom is 0.0755 e. The van der Waals surface area contributed by atoms with Gasteiger partial charge in [0.15, 0.2) is 0 Å². The minimum Gasteiger partial charge on any atom is -0.311 e. The lowest BCUT2D eigenvalue weighted by Gasteiger charge is -2.40. The first-order valence-electron chi connectivity index (χ1n) is 33.6. The van der Waals surface area contributed by atoms with Crippen LogP contribution in [0, 0.1) is 0 Å². The van der Waals surface area contributed by atoms with Crippen LogP contribution >= 0.6 is 0 Å². The lowest BCUT2D eigenvalue weighted by Crippen LogP contribution is -2.33. The number of para-hydroxylation sites is 6. The molecule has 1 aromatic heterocycles. The van der Waals surface area contributed by atoms with E-state index in [0.717, 1.165) is 64.8 Å². The van der Waals surface area contributed by atoms with Gasteiger partial charge in [-0.05, 0) is 207 Å². The van der Waals surface area contributed by atoms with Crippen LogP contribution in [0.5, 0.6) is 0 Å². The highest BCUT2D eigenvalue weighted by Crippen LogP contribution is 2.63. The van der Waals surface area contributed by atoms with E-state index in [-0.39, 0.29) is 11.8 Å². The van der Waals surface area contributed by atoms with Crippen LogP contribution in [-0.4, -0.2) is 4.57 Å². The normalized spacial score (nSPS) is 14.9. The molecule has 3 atom stereocenters. The van der Waals surface area contributed by atoms with Crippen LogP contribution in [0.3, 0.4) is 0 Å². The summed E-state index contributed by atoms with van der Waals surface area (Å²) >= 11 is 0. The second-order valence-corrected chi connectivity index (χ2v) is 25.8. The zero-order valence-electron chi connectivity index (χ0n) is 53.0. The maximum atomic E-state index is 2.64. The van der Waals surface area contributed by atoms with Gasteiger partial charge in [0.1, 0.15) is 0 Å². The Hall–Kier alpha value is -11.7. The predicted octanol–water partition coefficient (Wildman–Crippen LogP) is 24.2.